The molecule has 0 aliphatic carbocycles. The maximum atomic E-state index is 13.1. The van der Waals surface area contributed by atoms with Crippen LogP contribution in [0.5, 0.6) is 0 Å². The minimum absolute atomic E-state index is 0.162. The van der Waals surface area contributed by atoms with Crippen LogP contribution in [0.4, 0.5) is 16.2 Å². The van der Waals surface area contributed by atoms with Crippen molar-refractivity contribution in [1.82, 2.24) is 10.2 Å². The van der Waals surface area contributed by atoms with Crippen molar-refractivity contribution in [3.05, 3.63) is 95.1 Å². The molecule has 0 unspecified atom stereocenters. The number of carbonyl (C=O) groups is 3. The number of methoxy groups -OCH3 is 1. The van der Waals surface area contributed by atoms with E-state index in [1.54, 1.807) is 37.2 Å². The Kier molecular flexibility index (Phi) is 6.82. The first kappa shape index (κ1) is 23.6. The van der Waals surface area contributed by atoms with E-state index in [0.29, 0.717) is 34.6 Å². The van der Waals surface area contributed by atoms with Crippen molar-refractivity contribution >= 4 is 40.6 Å². The summed E-state index contributed by atoms with van der Waals surface area (Å²) in [6, 6.07) is 22.1. The molecule has 3 N–H and O–H groups in total. The summed E-state index contributed by atoms with van der Waals surface area (Å²) in [7, 11) is 4.64. The highest BCUT2D eigenvalue weighted by Crippen LogP contribution is 2.38. The number of nitrogens with zero attached hydrogens (tertiary/aromatic N) is 1. The Labute approximate surface area is 203 Å². The summed E-state index contributed by atoms with van der Waals surface area (Å²) in [6.45, 7) is 0.463. The molecular weight excluding hydrogens is 444 g/mol. The molecule has 0 saturated heterocycles. The lowest BCUT2D eigenvalue weighted by atomic mass is 9.99. The Morgan fingerprint density at radius 3 is 2.34 bits per heavy atom. The highest BCUT2D eigenvalue weighted by atomic mass is 16.5. The molecule has 1 aliphatic heterocycles. The van der Waals surface area contributed by atoms with E-state index in [4.69, 9.17) is 4.74 Å². The molecule has 178 valence electrons. The number of hydrogen-bond acceptors (Lipinski definition) is 5. The zero-order chi connectivity index (χ0) is 24.9. The van der Waals surface area contributed by atoms with Gasteiger partial charge in [-0.1, -0.05) is 48.5 Å². The average molecular weight is 471 g/mol. The van der Waals surface area contributed by atoms with Gasteiger partial charge in [-0.25, -0.2) is 9.59 Å². The third-order valence-corrected chi connectivity index (χ3v) is 5.70. The van der Waals surface area contributed by atoms with Crippen molar-refractivity contribution in [1.29, 1.82) is 0 Å². The quantitative estimate of drug-likeness (QED) is 0.371. The van der Waals surface area contributed by atoms with E-state index in [2.05, 4.69) is 16.0 Å². The Morgan fingerprint density at radius 1 is 0.971 bits per heavy atom. The summed E-state index contributed by atoms with van der Waals surface area (Å²) in [5.41, 5.74) is 5.32. The lowest BCUT2D eigenvalue weighted by Crippen LogP contribution is -2.34. The van der Waals surface area contributed by atoms with Crippen LogP contribution in [0.3, 0.4) is 0 Å². The molecule has 0 saturated carbocycles. The first-order valence-corrected chi connectivity index (χ1v) is 11.0. The third kappa shape index (κ3) is 5.01. The number of urea groups is 1. The molecule has 8 nitrogen and oxygen atoms in total. The Balaban J connectivity index is 1.71. The van der Waals surface area contributed by atoms with Crippen molar-refractivity contribution in [3.8, 4) is 0 Å². The second-order valence-corrected chi connectivity index (χ2v) is 8.06. The summed E-state index contributed by atoms with van der Waals surface area (Å²) in [5, 5.41) is 8.87. The molecule has 0 spiro atoms. The lowest BCUT2D eigenvalue weighted by Gasteiger charge is -2.18. The molecule has 1 heterocycles. The minimum Gasteiger partial charge on any atom is -0.465 e. The van der Waals surface area contributed by atoms with Crippen molar-refractivity contribution in [2.75, 3.05) is 31.8 Å². The predicted octanol–water partition coefficient (Wildman–Crippen LogP) is 4.18. The number of carbonyl (C=O) groups excluding carboxylic acids is 3. The Hall–Kier alpha value is -4.59. The van der Waals surface area contributed by atoms with Crippen molar-refractivity contribution in [2.24, 2.45) is 0 Å². The fourth-order valence-electron chi connectivity index (χ4n) is 3.92. The standard InChI is InChI=1S/C27H26N4O4/c1-28-27(34)31(2)16-17-9-12-20(13-10-17)29-24(18-7-5-4-6-8-18)23-21-14-11-19(26(33)35-3)15-22(21)30-25(23)32/h4-15,29H,16H2,1-3H3,(H,28,34)(H,30,32)/b24-23-. The van der Waals surface area contributed by atoms with E-state index in [9.17, 15) is 14.4 Å². The molecule has 3 aromatic carbocycles. The number of nitrogens with one attached hydrogen (secondary N) is 3. The van der Waals surface area contributed by atoms with Gasteiger partial charge in [0.1, 0.15) is 0 Å². The molecule has 35 heavy (non-hydrogen) atoms. The van der Waals surface area contributed by atoms with Gasteiger partial charge in [0.15, 0.2) is 0 Å². The number of amides is 3. The SMILES string of the molecule is CNC(=O)N(C)Cc1ccc(N/C(=C2\C(=O)Nc3cc(C(=O)OC)ccc32)c2ccccc2)cc1. The fraction of sp³-hybridized carbons (Fsp3) is 0.148. The molecule has 1 aliphatic rings. The maximum absolute atomic E-state index is 13.1. The fourth-order valence-corrected chi connectivity index (χ4v) is 3.92. The van der Waals surface area contributed by atoms with Gasteiger partial charge in [0.25, 0.3) is 5.91 Å². The third-order valence-electron chi connectivity index (χ3n) is 5.70. The van der Waals surface area contributed by atoms with Crippen LogP contribution in [-0.4, -0.2) is 44.0 Å². The number of anilines is 2. The maximum Gasteiger partial charge on any atom is 0.337 e. The minimum atomic E-state index is -0.469. The molecule has 0 aromatic heterocycles. The van der Waals surface area contributed by atoms with Gasteiger partial charge in [-0.05, 0) is 35.4 Å². The summed E-state index contributed by atoms with van der Waals surface area (Å²) >= 11 is 0. The number of fused-ring (bicyclic) bond motifs is 1. The Morgan fingerprint density at radius 2 is 1.69 bits per heavy atom. The van der Waals surface area contributed by atoms with Crippen LogP contribution in [0, 0.1) is 0 Å². The molecular formula is C27H26N4O4. The monoisotopic (exact) mass is 470 g/mol. The molecule has 0 bridgehead atoms. The number of rotatable bonds is 6. The van der Waals surface area contributed by atoms with E-state index in [-0.39, 0.29) is 11.9 Å². The smallest absolute Gasteiger partial charge is 0.337 e. The molecule has 0 atom stereocenters. The molecule has 0 radical (unpaired) electrons. The molecule has 3 amide bonds. The lowest BCUT2D eigenvalue weighted by molar-refractivity contribution is -0.110. The van der Waals surface area contributed by atoms with Gasteiger partial charge >= 0.3 is 12.0 Å². The first-order valence-electron chi connectivity index (χ1n) is 11.0. The predicted molar refractivity (Wildman–Crippen MR) is 136 cm³/mol. The van der Waals surface area contributed by atoms with Crippen molar-refractivity contribution < 1.29 is 19.1 Å². The van der Waals surface area contributed by atoms with Crippen LogP contribution in [0.15, 0.2) is 72.8 Å². The number of ether oxygens (including phenoxy) is 1. The van der Waals surface area contributed by atoms with Gasteiger partial charge in [-0.2, -0.15) is 0 Å². The van der Waals surface area contributed by atoms with E-state index in [1.807, 2.05) is 54.6 Å². The summed E-state index contributed by atoms with van der Waals surface area (Å²) < 4.78 is 4.80. The van der Waals surface area contributed by atoms with Crippen LogP contribution in [0.1, 0.15) is 27.0 Å². The number of hydrogen-bond donors (Lipinski definition) is 3. The molecule has 4 rings (SSSR count). The van der Waals surface area contributed by atoms with E-state index < -0.39 is 5.97 Å². The highest BCUT2D eigenvalue weighted by molar-refractivity contribution is 6.37. The summed E-state index contributed by atoms with van der Waals surface area (Å²) in [6.07, 6.45) is 0. The number of benzene rings is 3. The second-order valence-electron chi connectivity index (χ2n) is 8.06. The van der Waals surface area contributed by atoms with Gasteiger partial charge in [0.2, 0.25) is 0 Å². The van der Waals surface area contributed by atoms with Gasteiger partial charge in [-0.15, -0.1) is 0 Å². The zero-order valence-corrected chi connectivity index (χ0v) is 19.7. The van der Waals surface area contributed by atoms with Crippen LogP contribution in [-0.2, 0) is 16.1 Å². The van der Waals surface area contributed by atoms with E-state index in [1.165, 1.54) is 7.11 Å². The van der Waals surface area contributed by atoms with Crippen molar-refractivity contribution in [2.45, 2.75) is 6.54 Å². The van der Waals surface area contributed by atoms with Gasteiger partial charge in [0.05, 0.1) is 29.6 Å². The van der Waals surface area contributed by atoms with Crippen LogP contribution in [0.2, 0.25) is 0 Å². The van der Waals surface area contributed by atoms with E-state index in [0.717, 1.165) is 16.8 Å². The zero-order valence-electron chi connectivity index (χ0n) is 19.7. The molecule has 3 aromatic rings. The van der Waals surface area contributed by atoms with Crippen LogP contribution in [0.25, 0.3) is 11.3 Å². The topological polar surface area (TPSA) is 99.8 Å². The van der Waals surface area contributed by atoms with Gasteiger partial charge in [-0.3, -0.25) is 4.79 Å². The second kappa shape index (κ2) is 10.1. The van der Waals surface area contributed by atoms with E-state index >= 15 is 0 Å². The van der Waals surface area contributed by atoms with Crippen molar-refractivity contribution in [3.63, 3.8) is 0 Å². The highest BCUT2D eigenvalue weighted by Gasteiger charge is 2.29. The normalized spacial score (nSPS) is 13.4. The van der Waals surface area contributed by atoms with Crippen LogP contribution < -0.4 is 16.0 Å². The summed E-state index contributed by atoms with van der Waals surface area (Å²) in [5.74, 6) is -0.736. The van der Waals surface area contributed by atoms with Crippen LogP contribution >= 0.6 is 0 Å². The Bertz CT molecular complexity index is 1300. The van der Waals surface area contributed by atoms with Gasteiger partial charge in [0, 0.05) is 31.9 Å². The number of esters is 1. The molecule has 8 heteroatoms. The first-order chi connectivity index (χ1) is 16.9. The summed E-state index contributed by atoms with van der Waals surface area (Å²) in [4.78, 5) is 38.4. The largest absolute Gasteiger partial charge is 0.465 e. The average Bonchev–Trinajstić information content (AvgIpc) is 3.22. The molecule has 0 fully saturated rings. The van der Waals surface area contributed by atoms with Gasteiger partial charge < -0.3 is 25.6 Å².